The average Bonchev–Trinajstić information content (AvgIpc) is 3.30. The Morgan fingerprint density at radius 3 is 2.09 bits per heavy atom. The van der Waals surface area contributed by atoms with Crippen molar-refractivity contribution in [3.05, 3.63) is 95.8 Å². The largest absolute Gasteiger partial charge is 0.357 e. The zero-order chi connectivity index (χ0) is 23.2. The number of aryl methyl sites for hydroxylation is 1. The number of anilines is 1. The minimum Gasteiger partial charge on any atom is -0.357 e. The Labute approximate surface area is 192 Å². The summed E-state index contributed by atoms with van der Waals surface area (Å²) in [7, 11) is -3.50. The molecule has 0 atom stereocenters. The van der Waals surface area contributed by atoms with E-state index < -0.39 is 9.84 Å². The monoisotopic (exact) mass is 454 g/mol. The van der Waals surface area contributed by atoms with Crippen molar-refractivity contribution >= 4 is 33.1 Å². The molecule has 1 aliphatic rings. The number of rotatable bonds is 4. The summed E-state index contributed by atoms with van der Waals surface area (Å²) >= 11 is 0. The molecule has 0 unspecified atom stereocenters. The Balaban J connectivity index is 1.71. The molecule has 1 aromatic heterocycles. The summed E-state index contributed by atoms with van der Waals surface area (Å²) in [6.45, 7) is 1.74. The summed E-state index contributed by atoms with van der Waals surface area (Å²) < 4.78 is 25.3. The molecular weight excluding hydrogens is 432 g/mol. The van der Waals surface area contributed by atoms with E-state index in [0.29, 0.717) is 22.5 Å². The van der Waals surface area contributed by atoms with E-state index in [1.54, 1.807) is 13.0 Å². The lowest BCUT2D eigenvalue weighted by Gasteiger charge is -2.07. The summed E-state index contributed by atoms with van der Waals surface area (Å²) in [6.07, 6.45) is 2.95. The van der Waals surface area contributed by atoms with Gasteiger partial charge in [0.1, 0.15) is 0 Å². The van der Waals surface area contributed by atoms with E-state index in [1.807, 2.05) is 78.9 Å². The Morgan fingerprint density at radius 2 is 1.45 bits per heavy atom. The maximum Gasteiger partial charge on any atom is 0.256 e. The van der Waals surface area contributed by atoms with Gasteiger partial charge in [0.05, 0.1) is 10.5 Å². The lowest BCUT2D eigenvalue weighted by molar-refractivity contribution is -0.110. The van der Waals surface area contributed by atoms with Crippen LogP contribution in [0, 0.1) is 6.92 Å². The number of nitrogens with one attached hydrogen (secondary N) is 2. The Morgan fingerprint density at radius 1 is 0.818 bits per heavy atom. The highest BCUT2D eigenvalue weighted by atomic mass is 32.2. The first-order chi connectivity index (χ1) is 15.8. The van der Waals surface area contributed by atoms with Crippen molar-refractivity contribution < 1.29 is 13.2 Å². The molecule has 4 aromatic rings. The first kappa shape index (κ1) is 21.0. The molecule has 0 saturated carbocycles. The summed E-state index contributed by atoms with van der Waals surface area (Å²) in [4.78, 5) is 16.4. The van der Waals surface area contributed by atoms with Crippen molar-refractivity contribution in [2.75, 3.05) is 11.6 Å². The van der Waals surface area contributed by atoms with Gasteiger partial charge in [0.15, 0.2) is 9.84 Å². The average molecular weight is 455 g/mol. The third-order valence-electron chi connectivity index (χ3n) is 5.79. The standard InChI is InChI=1S/C27H22N2O3S/c1-17-26(33(2,31)32)25(19-11-7-4-8-12-19)24(28-17)16-22-21-15-20(18-9-5-3-6-10-18)13-14-23(21)29-27(22)30/h3-16,28H,1-2H3,(H,29,30). The topological polar surface area (TPSA) is 79.0 Å². The van der Waals surface area contributed by atoms with E-state index in [1.165, 1.54) is 6.26 Å². The van der Waals surface area contributed by atoms with Gasteiger partial charge in [-0.15, -0.1) is 0 Å². The van der Waals surface area contributed by atoms with Crippen molar-refractivity contribution in [3.63, 3.8) is 0 Å². The van der Waals surface area contributed by atoms with E-state index in [2.05, 4.69) is 10.3 Å². The number of sulfone groups is 1. The van der Waals surface area contributed by atoms with Gasteiger partial charge in [-0.3, -0.25) is 4.79 Å². The van der Waals surface area contributed by atoms with Gasteiger partial charge in [-0.2, -0.15) is 0 Å². The number of carbonyl (C=O) groups is 1. The molecule has 2 heterocycles. The number of amides is 1. The summed E-state index contributed by atoms with van der Waals surface area (Å²) in [5.41, 5.74) is 6.53. The highest BCUT2D eigenvalue weighted by Crippen LogP contribution is 2.39. The number of H-pyrrole nitrogens is 1. The molecule has 0 spiro atoms. The van der Waals surface area contributed by atoms with E-state index in [0.717, 1.165) is 27.9 Å². The first-order valence-electron chi connectivity index (χ1n) is 10.5. The second kappa shape index (κ2) is 7.90. The predicted molar refractivity (Wildman–Crippen MR) is 132 cm³/mol. The van der Waals surface area contributed by atoms with Crippen molar-refractivity contribution in [1.82, 2.24) is 4.98 Å². The fourth-order valence-corrected chi connectivity index (χ4v) is 5.59. The van der Waals surface area contributed by atoms with Gasteiger partial charge in [-0.25, -0.2) is 8.42 Å². The van der Waals surface area contributed by atoms with Gasteiger partial charge in [0.25, 0.3) is 5.91 Å². The Bertz CT molecular complexity index is 1520. The van der Waals surface area contributed by atoms with Gasteiger partial charge >= 0.3 is 0 Å². The van der Waals surface area contributed by atoms with Crippen LogP contribution in [-0.2, 0) is 14.6 Å². The first-order valence-corrected chi connectivity index (χ1v) is 12.4. The highest BCUT2D eigenvalue weighted by molar-refractivity contribution is 7.91. The predicted octanol–water partition coefficient (Wildman–Crippen LogP) is 5.55. The molecule has 0 fully saturated rings. The molecule has 1 aliphatic heterocycles. The number of benzene rings is 3. The number of aromatic nitrogens is 1. The van der Waals surface area contributed by atoms with E-state index in [9.17, 15) is 13.2 Å². The second-order valence-electron chi connectivity index (χ2n) is 8.14. The van der Waals surface area contributed by atoms with E-state index in [-0.39, 0.29) is 10.8 Å². The van der Waals surface area contributed by atoms with Crippen LogP contribution in [0.1, 0.15) is 17.0 Å². The third-order valence-corrected chi connectivity index (χ3v) is 7.04. The van der Waals surface area contributed by atoms with Gasteiger partial charge in [-0.1, -0.05) is 66.7 Å². The molecule has 0 saturated heterocycles. The number of fused-ring (bicyclic) bond motifs is 1. The molecule has 6 heteroatoms. The van der Waals surface area contributed by atoms with Crippen LogP contribution in [0.3, 0.4) is 0 Å². The zero-order valence-electron chi connectivity index (χ0n) is 18.2. The van der Waals surface area contributed by atoms with Crippen molar-refractivity contribution in [3.8, 4) is 22.3 Å². The molecule has 0 aliphatic carbocycles. The normalized spacial score (nSPS) is 14.4. The van der Waals surface area contributed by atoms with Gasteiger partial charge in [0.2, 0.25) is 0 Å². The molecule has 3 aromatic carbocycles. The van der Waals surface area contributed by atoms with Crippen LogP contribution in [-0.4, -0.2) is 25.6 Å². The van der Waals surface area contributed by atoms with Crippen LogP contribution in [0.25, 0.3) is 33.9 Å². The second-order valence-corrected chi connectivity index (χ2v) is 10.1. The Hall–Kier alpha value is -3.90. The van der Waals surface area contributed by atoms with Gasteiger partial charge in [-0.05, 0) is 41.8 Å². The van der Waals surface area contributed by atoms with Crippen LogP contribution in [0.15, 0.2) is 83.8 Å². The maximum absolute atomic E-state index is 12.9. The van der Waals surface area contributed by atoms with Crippen molar-refractivity contribution in [2.45, 2.75) is 11.8 Å². The number of carbonyl (C=O) groups excluding carboxylic acids is 1. The quantitative estimate of drug-likeness (QED) is 0.397. The lowest BCUT2D eigenvalue weighted by atomic mass is 9.98. The molecule has 164 valence electrons. The third kappa shape index (κ3) is 3.79. The number of hydrogen-bond donors (Lipinski definition) is 2. The van der Waals surface area contributed by atoms with Crippen LogP contribution in [0.4, 0.5) is 5.69 Å². The fraction of sp³-hybridized carbons (Fsp3) is 0.0741. The molecule has 1 amide bonds. The van der Waals surface area contributed by atoms with Crippen LogP contribution in [0.2, 0.25) is 0 Å². The minimum atomic E-state index is -3.50. The number of aromatic amines is 1. The summed E-state index contributed by atoms with van der Waals surface area (Å²) in [6, 6.07) is 25.2. The van der Waals surface area contributed by atoms with Crippen LogP contribution in [0.5, 0.6) is 0 Å². The number of hydrogen-bond acceptors (Lipinski definition) is 3. The fourth-order valence-electron chi connectivity index (χ4n) is 4.38. The molecular formula is C27H22N2O3S. The maximum atomic E-state index is 12.9. The summed E-state index contributed by atoms with van der Waals surface area (Å²) in [5, 5.41) is 2.92. The Kier molecular flexibility index (Phi) is 5.02. The van der Waals surface area contributed by atoms with Crippen LogP contribution >= 0.6 is 0 Å². The van der Waals surface area contributed by atoms with E-state index in [4.69, 9.17) is 0 Å². The van der Waals surface area contributed by atoms with Gasteiger partial charge < -0.3 is 10.3 Å². The summed E-state index contributed by atoms with van der Waals surface area (Å²) in [5.74, 6) is -0.220. The minimum absolute atomic E-state index is 0.220. The molecule has 0 bridgehead atoms. The van der Waals surface area contributed by atoms with E-state index >= 15 is 0 Å². The smallest absolute Gasteiger partial charge is 0.256 e. The SMILES string of the molecule is Cc1[nH]c(C=C2C(=O)Nc3ccc(-c4ccccc4)cc32)c(-c2ccccc2)c1S(C)(=O)=O. The zero-order valence-corrected chi connectivity index (χ0v) is 19.0. The van der Waals surface area contributed by atoms with Crippen molar-refractivity contribution in [2.24, 2.45) is 0 Å². The lowest BCUT2D eigenvalue weighted by Crippen LogP contribution is -2.03. The molecule has 5 rings (SSSR count). The molecule has 33 heavy (non-hydrogen) atoms. The molecule has 0 radical (unpaired) electrons. The molecule has 2 N–H and O–H groups in total. The van der Waals surface area contributed by atoms with Crippen molar-refractivity contribution in [1.29, 1.82) is 0 Å². The molecule has 5 nitrogen and oxygen atoms in total. The van der Waals surface area contributed by atoms with Crippen LogP contribution < -0.4 is 5.32 Å². The van der Waals surface area contributed by atoms with Gasteiger partial charge in [0, 0.05) is 34.5 Å². The highest BCUT2D eigenvalue weighted by Gasteiger charge is 2.28.